The summed E-state index contributed by atoms with van der Waals surface area (Å²) in [6.07, 6.45) is 3.65. The highest BCUT2D eigenvalue weighted by Crippen LogP contribution is 2.50. The molecule has 0 aromatic heterocycles. The summed E-state index contributed by atoms with van der Waals surface area (Å²) in [6.45, 7) is 6.43. The van der Waals surface area contributed by atoms with Crippen LogP contribution in [0.1, 0.15) is 55.8 Å². The Hall–Kier alpha value is -1.93. The lowest BCUT2D eigenvalue weighted by molar-refractivity contribution is 0.141. The molecule has 0 spiro atoms. The number of aliphatic hydroxyl groups is 2. The van der Waals surface area contributed by atoms with Gasteiger partial charge < -0.3 is 29.5 Å². The molecule has 0 bridgehead atoms. The number of ether oxygens (including phenoxy) is 2. The molecule has 3 aliphatic heterocycles. The number of para-hydroxylation sites is 2. The van der Waals surface area contributed by atoms with Gasteiger partial charge >= 0.3 is 0 Å². The molecule has 192 valence electrons. The maximum absolute atomic E-state index is 10.8. The topological polar surface area (TPSA) is 65.4 Å². The summed E-state index contributed by atoms with van der Waals surface area (Å²) in [5.41, 5.74) is 3.91. The third-order valence-corrected chi connectivity index (χ3v) is 8.46. The van der Waals surface area contributed by atoms with E-state index in [0.717, 1.165) is 38.0 Å². The fraction of sp³-hybridized carbons (Fsp3) is 0.571. The molecule has 5 rings (SSSR count). The number of likely N-dealkylation sites (tertiary alicyclic amines) is 1. The molecule has 3 aliphatic rings. The van der Waals surface area contributed by atoms with E-state index in [4.69, 9.17) is 14.6 Å². The Morgan fingerprint density at radius 2 is 1.91 bits per heavy atom. The number of methoxy groups -OCH3 is 2. The molecule has 0 radical (unpaired) electrons. The molecular formula is C28H40N2O4S. The second-order valence-corrected chi connectivity index (χ2v) is 10.5. The molecule has 3 atom stereocenters. The molecule has 0 saturated carbocycles. The van der Waals surface area contributed by atoms with Gasteiger partial charge in [0, 0.05) is 48.7 Å². The summed E-state index contributed by atoms with van der Waals surface area (Å²) in [5, 5.41) is 18.4. The maximum atomic E-state index is 10.8. The highest BCUT2D eigenvalue weighted by atomic mass is 32.2. The van der Waals surface area contributed by atoms with E-state index in [0.29, 0.717) is 23.5 Å². The minimum atomic E-state index is -0.544. The summed E-state index contributed by atoms with van der Waals surface area (Å²) in [7, 11) is 3.26. The molecule has 1 fully saturated rings. The molecule has 1 saturated heterocycles. The van der Waals surface area contributed by atoms with Crippen molar-refractivity contribution in [2.24, 2.45) is 0 Å². The van der Waals surface area contributed by atoms with Gasteiger partial charge in [-0.2, -0.15) is 0 Å². The second-order valence-electron chi connectivity index (χ2n) is 9.41. The van der Waals surface area contributed by atoms with Crippen molar-refractivity contribution in [2.45, 2.75) is 55.6 Å². The number of thioether (sulfide) groups is 1. The van der Waals surface area contributed by atoms with Crippen LogP contribution in [-0.2, 0) is 0 Å². The van der Waals surface area contributed by atoms with E-state index in [1.165, 1.54) is 35.7 Å². The van der Waals surface area contributed by atoms with Crippen LogP contribution < -0.4 is 14.4 Å². The molecule has 2 aromatic rings. The van der Waals surface area contributed by atoms with Crippen LogP contribution in [0.3, 0.4) is 0 Å². The number of rotatable bonds is 7. The normalized spacial score (nSPS) is 21.8. The van der Waals surface area contributed by atoms with E-state index < -0.39 is 6.10 Å². The Morgan fingerprint density at radius 3 is 2.69 bits per heavy atom. The molecule has 2 aromatic carbocycles. The molecule has 1 unspecified atom stereocenters. The van der Waals surface area contributed by atoms with Crippen LogP contribution in [0.4, 0.5) is 5.69 Å². The Morgan fingerprint density at radius 1 is 1.11 bits per heavy atom. The standard InChI is InChI=1S/C26H34N2O3S.C2H6O/c1-30-23-10-3-8-19(26(23)31-2)22(29)9-5-13-27-15-12-21-20(17-27)18-7-4-11-24-25(18)28(21)14-6-16-32-24;1-2-3/h3-4,7-8,10-11,20-22,29H,5-6,9,12-17H2,1-2H3;3H,2H2,1H3/t20-,21-,22?;/m0./s1. The van der Waals surface area contributed by atoms with Gasteiger partial charge in [-0.25, -0.2) is 0 Å². The van der Waals surface area contributed by atoms with Gasteiger partial charge in [0.25, 0.3) is 0 Å². The third-order valence-electron chi connectivity index (χ3n) is 7.32. The molecule has 7 heteroatoms. The van der Waals surface area contributed by atoms with Crippen LogP contribution in [0.2, 0.25) is 0 Å². The van der Waals surface area contributed by atoms with Crippen LogP contribution in [0.15, 0.2) is 41.3 Å². The van der Waals surface area contributed by atoms with Crippen LogP contribution >= 0.6 is 11.8 Å². The summed E-state index contributed by atoms with van der Waals surface area (Å²) < 4.78 is 10.9. The molecule has 3 heterocycles. The Kier molecular flexibility index (Phi) is 9.22. The number of nitrogens with zero attached hydrogens (tertiary/aromatic N) is 2. The number of benzene rings is 2. The van der Waals surface area contributed by atoms with E-state index in [9.17, 15) is 5.11 Å². The Labute approximate surface area is 214 Å². The Balaban J connectivity index is 0.000000917. The van der Waals surface area contributed by atoms with Crippen LogP contribution in [0, 0.1) is 0 Å². The summed E-state index contributed by atoms with van der Waals surface area (Å²) in [4.78, 5) is 6.82. The molecule has 35 heavy (non-hydrogen) atoms. The predicted octanol–water partition coefficient (Wildman–Crippen LogP) is 4.69. The Bertz CT molecular complexity index is 972. The van der Waals surface area contributed by atoms with Gasteiger partial charge in [-0.05, 0) is 62.6 Å². The van der Waals surface area contributed by atoms with Gasteiger partial charge in [-0.15, -0.1) is 11.8 Å². The van der Waals surface area contributed by atoms with Gasteiger partial charge in [-0.3, -0.25) is 0 Å². The van der Waals surface area contributed by atoms with E-state index in [2.05, 4.69) is 28.0 Å². The van der Waals surface area contributed by atoms with Crippen molar-refractivity contribution >= 4 is 17.4 Å². The average molecular weight is 501 g/mol. The minimum absolute atomic E-state index is 0.250. The minimum Gasteiger partial charge on any atom is -0.493 e. The predicted molar refractivity (Wildman–Crippen MR) is 143 cm³/mol. The zero-order valence-corrected chi connectivity index (χ0v) is 22.1. The maximum Gasteiger partial charge on any atom is 0.166 e. The number of anilines is 1. The fourth-order valence-electron chi connectivity index (χ4n) is 5.85. The monoisotopic (exact) mass is 500 g/mol. The first-order valence-corrected chi connectivity index (χ1v) is 13.9. The molecular weight excluding hydrogens is 460 g/mol. The summed E-state index contributed by atoms with van der Waals surface area (Å²) in [5.74, 6) is 3.15. The average Bonchev–Trinajstić information content (AvgIpc) is 3.03. The van der Waals surface area contributed by atoms with Crippen molar-refractivity contribution in [2.75, 3.05) is 57.7 Å². The summed E-state index contributed by atoms with van der Waals surface area (Å²) in [6, 6.07) is 13.3. The lowest BCUT2D eigenvalue weighted by Gasteiger charge is -2.39. The van der Waals surface area contributed by atoms with Crippen molar-refractivity contribution in [3.05, 3.63) is 47.5 Å². The number of hydrogen-bond donors (Lipinski definition) is 2. The first kappa shape index (κ1) is 26.1. The molecule has 6 nitrogen and oxygen atoms in total. The van der Waals surface area contributed by atoms with Crippen LogP contribution in [-0.4, -0.2) is 73.9 Å². The molecule has 0 amide bonds. The van der Waals surface area contributed by atoms with E-state index >= 15 is 0 Å². The van der Waals surface area contributed by atoms with Crippen LogP contribution in [0.5, 0.6) is 11.5 Å². The van der Waals surface area contributed by atoms with Gasteiger partial charge in [0.15, 0.2) is 11.5 Å². The third kappa shape index (κ3) is 5.58. The van der Waals surface area contributed by atoms with Gasteiger partial charge in [0.05, 0.1) is 26.0 Å². The van der Waals surface area contributed by atoms with Crippen molar-refractivity contribution in [1.29, 1.82) is 0 Å². The van der Waals surface area contributed by atoms with E-state index in [1.807, 2.05) is 30.0 Å². The van der Waals surface area contributed by atoms with E-state index in [1.54, 1.807) is 26.7 Å². The van der Waals surface area contributed by atoms with Crippen LogP contribution in [0.25, 0.3) is 0 Å². The molecule has 0 aliphatic carbocycles. The smallest absolute Gasteiger partial charge is 0.166 e. The first-order valence-electron chi connectivity index (χ1n) is 12.9. The number of hydrogen-bond acceptors (Lipinski definition) is 7. The fourth-order valence-corrected chi connectivity index (χ4v) is 6.89. The lowest BCUT2D eigenvalue weighted by Crippen LogP contribution is -2.46. The zero-order valence-electron chi connectivity index (χ0n) is 21.3. The second kappa shape index (κ2) is 12.3. The quantitative estimate of drug-likeness (QED) is 0.572. The van der Waals surface area contributed by atoms with Gasteiger partial charge in [0.1, 0.15) is 0 Å². The highest BCUT2D eigenvalue weighted by molar-refractivity contribution is 7.99. The zero-order chi connectivity index (χ0) is 24.8. The SMILES string of the molecule is CCO.COc1cccc(C(O)CCCN2CC[C@H]3[C@@H](C2)c2cccc4c2N3CCCS4)c1OC. The number of aliphatic hydroxyl groups excluding tert-OH is 2. The highest BCUT2D eigenvalue weighted by Gasteiger charge is 2.43. The van der Waals surface area contributed by atoms with Crippen molar-refractivity contribution < 1.29 is 19.7 Å². The first-order chi connectivity index (χ1) is 17.1. The largest absolute Gasteiger partial charge is 0.493 e. The van der Waals surface area contributed by atoms with Crippen molar-refractivity contribution in [3.63, 3.8) is 0 Å². The van der Waals surface area contributed by atoms with Crippen molar-refractivity contribution in [1.82, 2.24) is 4.90 Å². The summed E-state index contributed by atoms with van der Waals surface area (Å²) >= 11 is 2.03. The lowest BCUT2D eigenvalue weighted by atomic mass is 9.89. The van der Waals surface area contributed by atoms with E-state index in [-0.39, 0.29) is 6.61 Å². The van der Waals surface area contributed by atoms with Gasteiger partial charge in [0.2, 0.25) is 0 Å². The van der Waals surface area contributed by atoms with Gasteiger partial charge in [-0.1, -0.05) is 24.3 Å². The number of piperidine rings is 1. The molecule has 2 N–H and O–H groups in total. The number of fused-ring (bicyclic) bond motifs is 3. The van der Waals surface area contributed by atoms with Crippen molar-refractivity contribution in [3.8, 4) is 11.5 Å².